The molecule has 0 aliphatic carbocycles. The highest BCUT2D eigenvalue weighted by molar-refractivity contribution is 7.89. The summed E-state index contributed by atoms with van der Waals surface area (Å²) in [6.45, 7) is 0.277. The van der Waals surface area contributed by atoms with Crippen LogP contribution in [-0.4, -0.2) is 39.9 Å². The summed E-state index contributed by atoms with van der Waals surface area (Å²) in [6, 6.07) is 4.35. The number of benzene rings is 1. The van der Waals surface area contributed by atoms with Crippen molar-refractivity contribution < 1.29 is 13.2 Å². The molecule has 1 aromatic carbocycles. The van der Waals surface area contributed by atoms with E-state index in [-0.39, 0.29) is 30.3 Å². The Morgan fingerprint density at radius 3 is 2.55 bits per heavy atom. The monoisotopic (exact) mass is 319 g/mol. The molecule has 0 bridgehead atoms. The molecule has 0 aromatic heterocycles. The number of rotatable bonds is 6. The van der Waals surface area contributed by atoms with Crippen molar-refractivity contribution in [3.63, 3.8) is 0 Å². The Bertz CT molecular complexity index is 588. The molecule has 0 fully saturated rings. The molecule has 0 spiro atoms. The number of nitrogens with two attached hydrogens (primary N) is 1. The van der Waals surface area contributed by atoms with Gasteiger partial charge in [0.2, 0.25) is 15.9 Å². The largest absolute Gasteiger partial charge is 0.349 e. The molecule has 20 heavy (non-hydrogen) atoms. The van der Waals surface area contributed by atoms with Crippen molar-refractivity contribution in [2.24, 2.45) is 5.73 Å². The molecule has 1 rings (SSSR count). The van der Waals surface area contributed by atoms with E-state index in [1.165, 1.54) is 17.0 Å². The maximum absolute atomic E-state index is 12.0. The highest BCUT2D eigenvalue weighted by Gasteiger charge is 2.16. The third kappa shape index (κ3) is 4.45. The van der Waals surface area contributed by atoms with Crippen LogP contribution in [0.2, 0.25) is 5.02 Å². The summed E-state index contributed by atoms with van der Waals surface area (Å²) in [7, 11) is -0.449. The molecule has 0 saturated carbocycles. The van der Waals surface area contributed by atoms with Crippen molar-refractivity contribution in [2.75, 3.05) is 20.6 Å². The minimum atomic E-state index is -3.68. The number of hydrogen-bond acceptors (Lipinski definition) is 4. The minimum Gasteiger partial charge on any atom is -0.349 e. The predicted octanol–water partition coefficient (Wildman–Crippen LogP) is 0.555. The zero-order valence-corrected chi connectivity index (χ0v) is 13.0. The summed E-state index contributed by atoms with van der Waals surface area (Å²) in [5.74, 6) is -0.149. The summed E-state index contributed by atoms with van der Waals surface area (Å²) in [4.78, 5) is 12.8. The molecule has 6 nitrogen and oxygen atoms in total. The Balaban J connectivity index is 2.74. The fourth-order valence-corrected chi connectivity index (χ4v) is 2.84. The van der Waals surface area contributed by atoms with Gasteiger partial charge in [-0.25, -0.2) is 13.1 Å². The summed E-state index contributed by atoms with van der Waals surface area (Å²) < 4.78 is 26.4. The lowest BCUT2D eigenvalue weighted by molar-refractivity contribution is -0.128. The van der Waals surface area contributed by atoms with Crippen LogP contribution in [0.5, 0.6) is 0 Å². The molecular formula is C12H18ClN3O3S. The first-order valence-corrected chi connectivity index (χ1v) is 7.82. The van der Waals surface area contributed by atoms with Gasteiger partial charge >= 0.3 is 0 Å². The Hall–Kier alpha value is -1.15. The molecule has 0 aliphatic heterocycles. The standard InChI is InChI=1S/C12H18ClN3O3S/c1-16(2)12(17)5-6-15-20(18,19)10-4-3-9(8-14)11(13)7-10/h3-4,7,15H,5-6,8,14H2,1-2H3. The van der Waals surface area contributed by atoms with Gasteiger partial charge < -0.3 is 10.6 Å². The van der Waals surface area contributed by atoms with Crippen LogP contribution in [0.25, 0.3) is 0 Å². The van der Waals surface area contributed by atoms with E-state index in [4.69, 9.17) is 17.3 Å². The van der Waals surface area contributed by atoms with Crippen LogP contribution in [-0.2, 0) is 21.4 Å². The van der Waals surface area contributed by atoms with E-state index in [1.54, 1.807) is 20.2 Å². The Labute approximate surface area is 123 Å². The van der Waals surface area contributed by atoms with Gasteiger partial charge in [-0.05, 0) is 17.7 Å². The van der Waals surface area contributed by atoms with Crippen LogP contribution in [0.4, 0.5) is 0 Å². The lowest BCUT2D eigenvalue weighted by Gasteiger charge is -2.11. The average molecular weight is 320 g/mol. The number of hydrogen-bond donors (Lipinski definition) is 2. The molecule has 0 unspecified atom stereocenters. The molecular weight excluding hydrogens is 302 g/mol. The quantitative estimate of drug-likeness (QED) is 0.801. The van der Waals surface area contributed by atoms with E-state index in [1.807, 2.05) is 0 Å². The van der Waals surface area contributed by atoms with Crippen molar-refractivity contribution in [3.05, 3.63) is 28.8 Å². The van der Waals surface area contributed by atoms with Gasteiger partial charge in [-0.1, -0.05) is 17.7 Å². The smallest absolute Gasteiger partial charge is 0.240 e. The van der Waals surface area contributed by atoms with E-state index in [0.717, 1.165) is 0 Å². The van der Waals surface area contributed by atoms with Crippen LogP contribution in [0.3, 0.4) is 0 Å². The number of sulfonamides is 1. The number of halogens is 1. The first-order chi connectivity index (χ1) is 9.27. The topological polar surface area (TPSA) is 92.5 Å². The van der Waals surface area contributed by atoms with Gasteiger partial charge in [-0.2, -0.15) is 0 Å². The van der Waals surface area contributed by atoms with Gasteiger partial charge in [0.15, 0.2) is 0 Å². The number of carbonyl (C=O) groups is 1. The summed E-state index contributed by atoms with van der Waals surface area (Å²) in [6.07, 6.45) is 0.0981. The highest BCUT2D eigenvalue weighted by atomic mass is 35.5. The lowest BCUT2D eigenvalue weighted by atomic mass is 10.2. The summed E-state index contributed by atoms with van der Waals surface area (Å²) >= 11 is 5.93. The van der Waals surface area contributed by atoms with Crippen molar-refractivity contribution in [1.29, 1.82) is 0 Å². The number of nitrogens with zero attached hydrogens (tertiary/aromatic N) is 1. The van der Waals surface area contributed by atoms with E-state index in [0.29, 0.717) is 10.6 Å². The molecule has 8 heteroatoms. The van der Waals surface area contributed by atoms with Crippen LogP contribution < -0.4 is 10.5 Å². The molecule has 0 heterocycles. The van der Waals surface area contributed by atoms with Gasteiger partial charge in [0.25, 0.3) is 0 Å². The van der Waals surface area contributed by atoms with Gasteiger partial charge in [-0.15, -0.1) is 0 Å². The number of carbonyl (C=O) groups excluding carboxylic acids is 1. The summed E-state index contributed by atoms with van der Waals surface area (Å²) in [5.41, 5.74) is 6.13. The van der Waals surface area contributed by atoms with Crippen LogP contribution >= 0.6 is 11.6 Å². The molecule has 0 radical (unpaired) electrons. The predicted molar refractivity (Wildman–Crippen MR) is 77.8 cm³/mol. The maximum Gasteiger partial charge on any atom is 0.240 e. The Kier molecular flexibility index (Phi) is 5.94. The third-order valence-corrected chi connectivity index (χ3v) is 4.50. The van der Waals surface area contributed by atoms with E-state index < -0.39 is 10.0 Å². The third-order valence-electron chi connectivity index (χ3n) is 2.68. The Morgan fingerprint density at radius 2 is 2.05 bits per heavy atom. The lowest BCUT2D eigenvalue weighted by Crippen LogP contribution is -2.30. The zero-order valence-electron chi connectivity index (χ0n) is 11.4. The van der Waals surface area contributed by atoms with E-state index in [9.17, 15) is 13.2 Å². The van der Waals surface area contributed by atoms with Crippen LogP contribution in [0.1, 0.15) is 12.0 Å². The van der Waals surface area contributed by atoms with Gasteiger partial charge in [0, 0.05) is 38.6 Å². The van der Waals surface area contributed by atoms with Crippen molar-refractivity contribution >= 4 is 27.5 Å². The highest BCUT2D eigenvalue weighted by Crippen LogP contribution is 2.20. The Morgan fingerprint density at radius 1 is 1.40 bits per heavy atom. The molecule has 0 aliphatic rings. The van der Waals surface area contributed by atoms with Gasteiger partial charge in [0.05, 0.1) is 4.90 Å². The average Bonchev–Trinajstić information content (AvgIpc) is 2.38. The fraction of sp³-hybridized carbons (Fsp3) is 0.417. The zero-order chi connectivity index (χ0) is 15.3. The van der Waals surface area contributed by atoms with Gasteiger partial charge in [0.1, 0.15) is 0 Å². The van der Waals surface area contributed by atoms with Crippen molar-refractivity contribution in [1.82, 2.24) is 9.62 Å². The minimum absolute atomic E-state index is 0.0373. The second-order valence-corrected chi connectivity index (χ2v) is 6.57. The molecule has 0 atom stereocenters. The molecule has 1 amide bonds. The number of amides is 1. The number of nitrogens with one attached hydrogen (secondary N) is 1. The van der Waals surface area contributed by atoms with E-state index in [2.05, 4.69) is 4.72 Å². The van der Waals surface area contributed by atoms with E-state index >= 15 is 0 Å². The first-order valence-electron chi connectivity index (χ1n) is 5.96. The van der Waals surface area contributed by atoms with Crippen LogP contribution in [0.15, 0.2) is 23.1 Å². The maximum atomic E-state index is 12.0. The molecule has 1 aromatic rings. The molecule has 3 N–H and O–H groups in total. The fourth-order valence-electron chi connectivity index (χ4n) is 1.46. The second-order valence-electron chi connectivity index (χ2n) is 4.39. The first kappa shape index (κ1) is 16.9. The normalized spacial score (nSPS) is 11.4. The SMILES string of the molecule is CN(C)C(=O)CCNS(=O)(=O)c1ccc(CN)c(Cl)c1. The molecule has 0 saturated heterocycles. The van der Waals surface area contributed by atoms with Crippen molar-refractivity contribution in [2.45, 2.75) is 17.9 Å². The summed E-state index contributed by atoms with van der Waals surface area (Å²) in [5, 5.41) is 0.305. The van der Waals surface area contributed by atoms with Crippen LogP contribution in [0, 0.1) is 0 Å². The second kappa shape index (κ2) is 7.03. The molecule has 112 valence electrons. The van der Waals surface area contributed by atoms with Crippen molar-refractivity contribution in [3.8, 4) is 0 Å². The van der Waals surface area contributed by atoms with Gasteiger partial charge in [-0.3, -0.25) is 4.79 Å².